The number of rotatable bonds is 3. The molecule has 0 saturated heterocycles. The molecule has 3 unspecified atom stereocenters. The number of aryl methyl sites for hydroxylation is 2. The Morgan fingerprint density at radius 3 is 2.26 bits per heavy atom. The van der Waals surface area contributed by atoms with Crippen molar-refractivity contribution in [2.24, 2.45) is 11.8 Å². The number of hydrogen-bond donors (Lipinski definition) is 0. The molecule has 0 aliphatic heterocycles. The Balaban J connectivity index is 0.00000126. The first-order chi connectivity index (χ1) is 12.6. The molecule has 1 heteroatoms. The fraction of sp³-hybridized carbons (Fsp3) is 0.385. The molecular weight excluding hydrogens is 343 g/mol. The Bertz CT molecular complexity index is 853. The van der Waals surface area contributed by atoms with E-state index in [4.69, 9.17) is 0 Å². The lowest BCUT2D eigenvalue weighted by Gasteiger charge is -2.37. The number of benzene rings is 1. The van der Waals surface area contributed by atoms with Crippen LogP contribution in [0.5, 0.6) is 0 Å². The highest BCUT2D eigenvalue weighted by Gasteiger charge is 2.33. The van der Waals surface area contributed by atoms with Gasteiger partial charge in [-0.25, -0.2) is 0 Å². The van der Waals surface area contributed by atoms with E-state index in [-0.39, 0.29) is 5.16 Å². The van der Waals surface area contributed by atoms with Crippen LogP contribution in [0, 0.1) is 25.7 Å². The molecule has 0 amide bonds. The summed E-state index contributed by atoms with van der Waals surface area (Å²) in [5.41, 5.74) is 9.97. The Morgan fingerprint density at radius 1 is 1.07 bits per heavy atom. The van der Waals surface area contributed by atoms with Crippen molar-refractivity contribution >= 4 is 14.8 Å². The third-order valence-corrected chi connectivity index (χ3v) is 6.04. The topological polar surface area (TPSA) is 0 Å². The predicted octanol–water partition coefficient (Wildman–Crippen LogP) is 7.61. The van der Waals surface area contributed by atoms with E-state index in [0.29, 0.717) is 11.8 Å². The van der Waals surface area contributed by atoms with Gasteiger partial charge in [0.05, 0.1) is 0 Å². The summed E-state index contributed by atoms with van der Waals surface area (Å²) >= 11 is 0. The zero-order valence-corrected chi connectivity index (χ0v) is 19.3. The highest BCUT2D eigenvalue weighted by atomic mass is 31.0. The minimum atomic E-state index is 0.0837. The van der Waals surface area contributed by atoms with E-state index in [9.17, 15) is 0 Å². The Labute approximate surface area is 169 Å². The van der Waals surface area contributed by atoms with Gasteiger partial charge in [0.15, 0.2) is 0 Å². The molecule has 3 atom stereocenters. The molecule has 2 bridgehead atoms. The number of fused-ring (bicyclic) bond motifs is 2. The zero-order chi connectivity index (χ0) is 20.5. The Kier molecular flexibility index (Phi) is 6.54. The van der Waals surface area contributed by atoms with Crippen molar-refractivity contribution in [1.82, 2.24) is 0 Å². The first-order valence-corrected chi connectivity index (χ1v) is 10.6. The second-order valence-corrected chi connectivity index (χ2v) is 9.59. The van der Waals surface area contributed by atoms with E-state index >= 15 is 0 Å². The van der Waals surface area contributed by atoms with Crippen LogP contribution in [0.1, 0.15) is 51.3 Å². The summed E-state index contributed by atoms with van der Waals surface area (Å²) in [6, 6.07) is 6.59. The average molecular weight is 379 g/mol. The van der Waals surface area contributed by atoms with Crippen molar-refractivity contribution in [2.45, 2.75) is 53.6 Å². The molecule has 0 N–H and O–H groups in total. The molecule has 144 valence electrons. The highest BCUT2D eigenvalue weighted by Crippen LogP contribution is 2.47. The maximum Gasteiger partial charge on any atom is 0.00385 e. The maximum absolute atomic E-state index is 4.44. The molecule has 27 heavy (non-hydrogen) atoms. The molecule has 0 saturated carbocycles. The van der Waals surface area contributed by atoms with Crippen molar-refractivity contribution < 1.29 is 0 Å². The van der Waals surface area contributed by atoms with Crippen LogP contribution in [0.3, 0.4) is 0 Å². The summed E-state index contributed by atoms with van der Waals surface area (Å²) in [6.45, 7) is 23.9. The van der Waals surface area contributed by atoms with Gasteiger partial charge in [0, 0.05) is 11.1 Å². The van der Waals surface area contributed by atoms with Crippen LogP contribution >= 0.6 is 9.24 Å². The molecule has 3 rings (SSSR count). The summed E-state index contributed by atoms with van der Waals surface area (Å²) in [4.78, 5) is 0. The average Bonchev–Trinajstić information content (AvgIpc) is 2.61. The van der Waals surface area contributed by atoms with Crippen LogP contribution < -0.4 is 0 Å². The van der Waals surface area contributed by atoms with Gasteiger partial charge >= 0.3 is 0 Å². The lowest BCUT2D eigenvalue weighted by molar-refractivity contribution is 0.553. The van der Waals surface area contributed by atoms with Crippen LogP contribution in [0.2, 0.25) is 0 Å². The molecule has 2 aliphatic carbocycles. The molecule has 1 aromatic rings. The third-order valence-electron chi connectivity index (χ3n) is 5.71. The first-order valence-electron chi connectivity index (χ1n) is 10.0. The lowest BCUT2D eigenvalue weighted by atomic mass is 9.68. The largest absolute Gasteiger partial charge is 0.127 e. The van der Waals surface area contributed by atoms with Crippen LogP contribution in [0.25, 0.3) is 5.57 Å². The smallest absolute Gasteiger partial charge is 0.00385 e. The first kappa shape index (κ1) is 21.6. The SMILES string of the molecule is C=C1C(C(=C)c2ccc(C)c(C)c2)=CC2C=C(C(C)(C)P)C=C1C2C.CC. The number of hydrogen-bond acceptors (Lipinski definition) is 0. The van der Waals surface area contributed by atoms with Crippen molar-refractivity contribution in [2.75, 3.05) is 0 Å². The van der Waals surface area contributed by atoms with Gasteiger partial charge in [0.1, 0.15) is 0 Å². The van der Waals surface area contributed by atoms with E-state index in [1.807, 2.05) is 13.8 Å². The monoisotopic (exact) mass is 378 g/mol. The zero-order valence-electron chi connectivity index (χ0n) is 18.1. The van der Waals surface area contributed by atoms with Crippen molar-refractivity contribution in [3.8, 4) is 0 Å². The summed E-state index contributed by atoms with van der Waals surface area (Å²) in [6.07, 6.45) is 7.13. The van der Waals surface area contributed by atoms with Gasteiger partial charge in [0.2, 0.25) is 0 Å². The van der Waals surface area contributed by atoms with Gasteiger partial charge in [0.25, 0.3) is 0 Å². The van der Waals surface area contributed by atoms with Gasteiger partial charge in [-0.2, -0.15) is 0 Å². The number of allylic oxidation sites excluding steroid dienone is 8. The minimum Gasteiger partial charge on any atom is -0.127 e. The van der Waals surface area contributed by atoms with Gasteiger partial charge < -0.3 is 0 Å². The van der Waals surface area contributed by atoms with E-state index in [1.165, 1.54) is 33.4 Å². The maximum atomic E-state index is 4.44. The predicted molar refractivity (Wildman–Crippen MR) is 126 cm³/mol. The third kappa shape index (κ3) is 4.27. The van der Waals surface area contributed by atoms with E-state index in [2.05, 4.69) is 93.4 Å². The fourth-order valence-electron chi connectivity index (χ4n) is 3.68. The second-order valence-electron chi connectivity index (χ2n) is 8.15. The molecule has 0 nitrogen and oxygen atoms in total. The van der Waals surface area contributed by atoms with E-state index < -0.39 is 0 Å². The molecule has 1 aromatic carbocycles. The summed E-state index contributed by atoms with van der Waals surface area (Å²) < 4.78 is 0. The normalized spacial score (nSPS) is 21.5. The van der Waals surface area contributed by atoms with Crippen molar-refractivity contribution in [3.05, 3.63) is 88.6 Å². The summed E-state index contributed by atoms with van der Waals surface area (Å²) in [5, 5.41) is 0.0837. The molecule has 0 radical (unpaired) electrons. The van der Waals surface area contributed by atoms with Gasteiger partial charge in [-0.1, -0.05) is 84.2 Å². The van der Waals surface area contributed by atoms with Gasteiger partial charge in [-0.05, 0) is 64.3 Å². The van der Waals surface area contributed by atoms with Gasteiger partial charge in [-0.3, -0.25) is 0 Å². The molecule has 0 heterocycles. The quantitative estimate of drug-likeness (QED) is 0.475. The summed E-state index contributed by atoms with van der Waals surface area (Å²) in [7, 11) is 2.96. The Morgan fingerprint density at radius 2 is 1.70 bits per heavy atom. The molecular formula is C26H35P. The van der Waals surface area contributed by atoms with Crippen molar-refractivity contribution in [3.63, 3.8) is 0 Å². The standard InChI is InChI=1S/C24H29P.C2H6/c1-14-8-9-19(10-15(14)2)16(3)22-12-20-11-21(24(6,7)25)13-23(17(20)4)18(22)5;1-2/h8-13,17,20H,3,5,25H2,1-2,4,6-7H3;1-2H3. The van der Waals surface area contributed by atoms with Crippen LogP contribution in [0.15, 0.2) is 71.9 Å². The highest BCUT2D eigenvalue weighted by molar-refractivity contribution is 7.19. The minimum absolute atomic E-state index is 0.0837. The molecule has 0 fully saturated rings. The van der Waals surface area contributed by atoms with E-state index in [0.717, 1.165) is 11.1 Å². The van der Waals surface area contributed by atoms with E-state index in [1.54, 1.807) is 0 Å². The Hall–Kier alpha value is -1.65. The van der Waals surface area contributed by atoms with Crippen molar-refractivity contribution in [1.29, 1.82) is 0 Å². The van der Waals surface area contributed by atoms with Crippen LogP contribution in [0.4, 0.5) is 0 Å². The second kappa shape index (κ2) is 8.15. The molecule has 0 spiro atoms. The summed E-state index contributed by atoms with van der Waals surface area (Å²) in [5.74, 6) is 0.901. The molecule has 0 aromatic heterocycles. The molecule has 2 aliphatic rings. The van der Waals surface area contributed by atoms with Crippen LogP contribution in [-0.2, 0) is 0 Å². The lowest BCUT2D eigenvalue weighted by Crippen LogP contribution is -2.25. The van der Waals surface area contributed by atoms with Crippen LogP contribution in [-0.4, -0.2) is 5.16 Å². The fourth-order valence-corrected chi connectivity index (χ4v) is 3.86. The van der Waals surface area contributed by atoms with Gasteiger partial charge in [-0.15, -0.1) is 9.24 Å².